The molecule has 0 aromatic rings. The van der Waals surface area contributed by atoms with E-state index in [4.69, 9.17) is 10.2 Å². The van der Waals surface area contributed by atoms with Gasteiger partial charge in [0.25, 0.3) is 0 Å². The van der Waals surface area contributed by atoms with E-state index in [0.717, 1.165) is 26.1 Å². The summed E-state index contributed by atoms with van der Waals surface area (Å²) in [4.78, 5) is 21.7. The van der Waals surface area contributed by atoms with Crippen molar-refractivity contribution in [1.29, 1.82) is 0 Å². The molecule has 0 radical (unpaired) electrons. The van der Waals surface area contributed by atoms with Gasteiger partial charge in [-0.15, -0.1) is 0 Å². The van der Waals surface area contributed by atoms with Crippen molar-refractivity contribution < 1.29 is 19.8 Å². The van der Waals surface area contributed by atoms with Gasteiger partial charge in [-0.2, -0.15) is 0 Å². The summed E-state index contributed by atoms with van der Waals surface area (Å²) < 4.78 is 0. The Bertz CT molecular complexity index is 395. The van der Waals surface area contributed by atoms with Crippen molar-refractivity contribution in [2.75, 3.05) is 19.6 Å². The zero-order valence-corrected chi connectivity index (χ0v) is 11.0. The minimum atomic E-state index is -1.11. The zero-order chi connectivity index (χ0) is 14.3. The molecule has 0 aliphatic carbocycles. The Morgan fingerprint density at radius 2 is 2.00 bits per heavy atom. The Labute approximate surface area is 112 Å². The largest absolute Gasteiger partial charge is 0.478 e. The summed E-state index contributed by atoms with van der Waals surface area (Å²) in [5.74, 6) is -2.21. The van der Waals surface area contributed by atoms with E-state index in [2.05, 4.69) is 10.6 Å². The van der Waals surface area contributed by atoms with Crippen LogP contribution in [0.2, 0.25) is 0 Å². The molecule has 1 aliphatic rings. The highest BCUT2D eigenvalue weighted by Crippen LogP contribution is 2.08. The summed E-state index contributed by atoms with van der Waals surface area (Å²) in [7, 11) is 0. The molecule has 106 valence electrons. The van der Waals surface area contributed by atoms with Crippen molar-refractivity contribution in [3.63, 3.8) is 0 Å². The number of hydrogen-bond acceptors (Lipinski definition) is 4. The maximum atomic E-state index is 11.0. The molecule has 1 fully saturated rings. The van der Waals surface area contributed by atoms with E-state index in [-0.39, 0.29) is 11.1 Å². The lowest BCUT2D eigenvalue weighted by Crippen LogP contribution is -2.48. The van der Waals surface area contributed by atoms with E-state index >= 15 is 0 Å². The van der Waals surface area contributed by atoms with Crippen LogP contribution in [0.1, 0.15) is 19.8 Å². The number of piperazine rings is 1. The fourth-order valence-corrected chi connectivity index (χ4v) is 1.86. The summed E-state index contributed by atoms with van der Waals surface area (Å²) in [6, 6.07) is 0.338. The predicted octanol–water partition coefficient (Wildman–Crippen LogP) is 0.370. The van der Waals surface area contributed by atoms with Crippen molar-refractivity contribution in [2.45, 2.75) is 25.8 Å². The van der Waals surface area contributed by atoms with Crippen LogP contribution in [-0.4, -0.2) is 47.8 Å². The summed E-state index contributed by atoms with van der Waals surface area (Å²) in [5.41, 5.74) is 0.0507. The number of hydrogen-bond donors (Lipinski definition) is 4. The summed E-state index contributed by atoms with van der Waals surface area (Å²) in [5, 5.41) is 24.3. The van der Waals surface area contributed by atoms with E-state index < -0.39 is 11.9 Å². The number of rotatable bonds is 6. The van der Waals surface area contributed by atoms with Crippen LogP contribution < -0.4 is 10.6 Å². The molecular formula is C13H20N2O4. The Hall–Kier alpha value is -1.66. The first kappa shape index (κ1) is 15.4. The van der Waals surface area contributed by atoms with Crippen LogP contribution in [-0.2, 0) is 9.59 Å². The van der Waals surface area contributed by atoms with Gasteiger partial charge in [0.05, 0.1) is 5.57 Å². The second kappa shape index (κ2) is 7.70. The van der Waals surface area contributed by atoms with Gasteiger partial charge in [0.2, 0.25) is 0 Å². The molecule has 0 bridgehead atoms. The molecule has 1 rings (SSSR count). The fourth-order valence-electron chi connectivity index (χ4n) is 1.86. The number of carboxylic acid groups (broad SMARTS) is 2. The van der Waals surface area contributed by atoms with E-state index in [9.17, 15) is 9.59 Å². The lowest BCUT2D eigenvalue weighted by Gasteiger charge is -2.23. The van der Waals surface area contributed by atoms with Gasteiger partial charge >= 0.3 is 11.9 Å². The molecular weight excluding hydrogens is 248 g/mol. The second-order valence-electron chi connectivity index (χ2n) is 4.53. The summed E-state index contributed by atoms with van der Waals surface area (Å²) in [6.07, 6.45) is 4.19. The van der Waals surface area contributed by atoms with Crippen LogP contribution in [0.3, 0.4) is 0 Å². The average molecular weight is 268 g/mol. The smallest absolute Gasteiger partial charge is 0.335 e. The normalized spacial score (nSPS) is 21.2. The van der Waals surface area contributed by atoms with Crippen molar-refractivity contribution in [2.24, 2.45) is 0 Å². The molecule has 0 spiro atoms. The monoisotopic (exact) mass is 268 g/mol. The summed E-state index contributed by atoms with van der Waals surface area (Å²) >= 11 is 0. The average Bonchev–Trinajstić information content (AvgIpc) is 2.38. The van der Waals surface area contributed by atoms with Crippen LogP contribution in [0.4, 0.5) is 0 Å². The highest BCUT2D eigenvalue weighted by atomic mass is 16.4. The minimum absolute atomic E-state index is 0.0195. The molecule has 6 heteroatoms. The highest BCUT2D eigenvalue weighted by molar-refractivity contribution is 5.94. The first-order valence-electron chi connectivity index (χ1n) is 6.30. The van der Waals surface area contributed by atoms with Crippen molar-refractivity contribution in [3.8, 4) is 0 Å². The van der Waals surface area contributed by atoms with Gasteiger partial charge in [0.1, 0.15) is 0 Å². The van der Waals surface area contributed by atoms with Gasteiger partial charge in [0.15, 0.2) is 0 Å². The van der Waals surface area contributed by atoms with Crippen LogP contribution in [0, 0.1) is 0 Å². The molecule has 1 aliphatic heterocycles. The predicted molar refractivity (Wildman–Crippen MR) is 71.0 cm³/mol. The lowest BCUT2D eigenvalue weighted by molar-refractivity contribution is -0.132. The zero-order valence-electron chi connectivity index (χ0n) is 11.0. The molecule has 4 N–H and O–H groups in total. The van der Waals surface area contributed by atoms with Gasteiger partial charge in [0, 0.05) is 31.2 Å². The molecule has 1 atom stereocenters. The topological polar surface area (TPSA) is 98.7 Å². The SMILES string of the molecule is CC(=CC(=CCCC1CNCCN1)C(=O)O)C(=O)O. The van der Waals surface area contributed by atoms with E-state index in [0.29, 0.717) is 12.5 Å². The Balaban J connectivity index is 2.56. The van der Waals surface area contributed by atoms with E-state index in [1.54, 1.807) is 6.08 Å². The Kier molecular flexibility index (Phi) is 6.24. The van der Waals surface area contributed by atoms with Gasteiger partial charge in [-0.25, -0.2) is 9.59 Å². The molecule has 1 unspecified atom stereocenters. The second-order valence-corrected chi connectivity index (χ2v) is 4.53. The first-order chi connectivity index (χ1) is 9.00. The maximum Gasteiger partial charge on any atom is 0.335 e. The van der Waals surface area contributed by atoms with Crippen LogP contribution in [0.15, 0.2) is 23.3 Å². The standard InChI is InChI=1S/C13H20N2O4/c1-9(12(16)17)7-10(13(18)19)3-2-4-11-8-14-5-6-15-11/h3,7,11,14-15H,2,4-6,8H2,1H3,(H,16,17)(H,18,19). The number of carboxylic acids is 2. The highest BCUT2D eigenvalue weighted by Gasteiger charge is 2.12. The molecule has 0 aromatic heterocycles. The number of allylic oxidation sites excluding steroid dienone is 1. The molecule has 1 heterocycles. The number of aliphatic carboxylic acids is 2. The van der Waals surface area contributed by atoms with Gasteiger partial charge in [-0.05, 0) is 25.8 Å². The van der Waals surface area contributed by atoms with Crippen LogP contribution >= 0.6 is 0 Å². The number of carbonyl (C=O) groups is 2. The molecule has 19 heavy (non-hydrogen) atoms. The minimum Gasteiger partial charge on any atom is -0.478 e. The van der Waals surface area contributed by atoms with Gasteiger partial charge in [-0.1, -0.05) is 6.08 Å². The van der Waals surface area contributed by atoms with E-state index in [1.807, 2.05) is 0 Å². The Morgan fingerprint density at radius 3 is 2.53 bits per heavy atom. The lowest BCUT2D eigenvalue weighted by atomic mass is 10.1. The van der Waals surface area contributed by atoms with Crippen molar-refractivity contribution in [3.05, 3.63) is 23.3 Å². The fraction of sp³-hybridized carbons (Fsp3) is 0.538. The van der Waals surface area contributed by atoms with Crippen LogP contribution in [0.5, 0.6) is 0 Å². The Morgan fingerprint density at radius 1 is 1.26 bits per heavy atom. The molecule has 0 aromatic carbocycles. The number of nitrogens with one attached hydrogen (secondary N) is 2. The molecule has 0 saturated carbocycles. The molecule has 1 saturated heterocycles. The van der Waals surface area contributed by atoms with Gasteiger partial charge < -0.3 is 20.8 Å². The third-order valence-electron chi connectivity index (χ3n) is 2.96. The quantitative estimate of drug-likeness (QED) is 0.410. The summed E-state index contributed by atoms with van der Waals surface area (Å²) in [6.45, 7) is 4.12. The van der Waals surface area contributed by atoms with Gasteiger partial charge in [-0.3, -0.25) is 0 Å². The van der Waals surface area contributed by atoms with Crippen molar-refractivity contribution in [1.82, 2.24) is 10.6 Å². The third kappa shape index (κ3) is 5.67. The first-order valence-corrected chi connectivity index (χ1v) is 6.30. The molecule has 6 nitrogen and oxygen atoms in total. The van der Waals surface area contributed by atoms with E-state index in [1.165, 1.54) is 13.0 Å². The maximum absolute atomic E-state index is 11.0. The molecule has 0 amide bonds. The van der Waals surface area contributed by atoms with Crippen LogP contribution in [0.25, 0.3) is 0 Å². The van der Waals surface area contributed by atoms with Crippen molar-refractivity contribution >= 4 is 11.9 Å². The third-order valence-corrected chi connectivity index (χ3v) is 2.96.